The Morgan fingerprint density at radius 1 is 1.14 bits per heavy atom. The van der Waals surface area contributed by atoms with E-state index in [9.17, 15) is 4.79 Å². The highest BCUT2D eigenvalue weighted by Gasteiger charge is 2.29. The van der Waals surface area contributed by atoms with Crippen LogP contribution in [-0.4, -0.2) is 72.7 Å². The molecular weight excluding hydrogens is 354 g/mol. The summed E-state index contributed by atoms with van der Waals surface area (Å²) in [5.74, 6) is 1.99. The van der Waals surface area contributed by atoms with Crippen molar-refractivity contribution in [2.24, 2.45) is 0 Å². The van der Waals surface area contributed by atoms with E-state index in [1.165, 1.54) is 12.0 Å². The first kappa shape index (κ1) is 19.3. The third kappa shape index (κ3) is 4.50. The summed E-state index contributed by atoms with van der Waals surface area (Å²) in [6.45, 7) is 11.1. The van der Waals surface area contributed by atoms with Crippen LogP contribution in [0.3, 0.4) is 0 Å². The van der Waals surface area contributed by atoms with Crippen LogP contribution in [0.5, 0.6) is 11.5 Å². The largest absolute Gasteiger partial charge is 0.454 e. The maximum atomic E-state index is 12.4. The van der Waals surface area contributed by atoms with E-state index < -0.39 is 0 Å². The number of carbonyl (C=O) groups is 1. The molecule has 1 aromatic carbocycles. The average molecular weight is 386 g/mol. The van der Waals surface area contributed by atoms with Gasteiger partial charge in [-0.2, -0.15) is 0 Å². The molecule has 0 N–H and O–H groups in total. The number of benzene rings is 1. The van der Waals surface area contributed by atoms with Crippen molar-refractivity contribution < 1.29 is 14.3 Å². The number of hydrogen-bond acceptors (Lipinski definition) is 5. The number of nitrogens with zero attached hydrogens (tertiary/aromatic N) is 3. The second kappa shape index (κ2) is 8.97. The van der Waals surface area contributed by atoms with Gasteiger partial charge in [-0.05, 0) is 37.0 Å². The first-order valence-electron chi connectivity index (χ1n) is 10.5. The van der Waals surface area contributed by atoms with Gasteiger partial charge in [0.2, 0.25) is 12.7 Å². The minimum atomic E-state index is 0.283. The fourth-order valence-electron chi connectivity index (χ4n) is 4.45. The molecule has 3 aliphatic heterocycles. The first-order valence-corrected chi connectivity index (χ1v) is 10.5. The molecule has 4 rings (SSSR count). The Morgan fingerprint density at radius 3 is 2.79 bits per heavy atom. The quantitative estimate of drug-likeness (QED) is 0.704. The van der Waals surface area contributed by atoms with E-state index in [1.807, 2.05) is 12.1 Å². The van der Waals surface area contributed by atoms with Crippen molar-refractivity contribution in [1.29, 1.82) is 0 Å². The Bertz CT molecular complexity index is 700. The van der Waals surface area contributed by atoms with Gasteiger partial charge in [-0.3, -0.25) is 14.6 Å². The molecule has 2 fully saturated rings. The monoisotopic (exact) mass is 385 g/mol. The topological polar surface area (TPSA) is 45.3 Å². The van der Waals surface area contributed by atoms with Crippen LogP contribution in [0.2, 0.25) is 0 Å². The van der Waals surface area contributed by atoms with Gasteiger partial charge in [0.15, 0.2) is 11.5 Å². The molecular formula is C22H31N3O3. The highest BCUT2D eigenvalue weighted by atomic mass is 16.7. The Kier molecular flexibility index (Phi) is 6.17. The van der Waals surface area contributed by atoms with Gasteiger partial charge >= 0.3 is 0 Å². The van der Waals surface area contributed by atoms with E-state index in [0.717, 1.165) is 70.2 Å². The molecule has 152 valence electrons. The third-order valence-corrected chi connectivity index (χ3v) is 6.08. The summed E-state index contributed by atoms with van der Waals surface area (Å²) in [7, 11) is 0. The van der Waals surface area contributed by atoms with E-state index in [0.29, 0.717) is 19.3 Å². The Balaban J connectivity index is 1.25. The predicted octanol–water partition coefficient (Wildman–Crippen LogP) is 2.49. The standard InChI is InChI=1S/C22H31N3O3/c1-2-3-6-22(26)25-9-4-5-19(16-25)24-12-10-23(11-13-24)15-18-7-8-20-21(14-18)28-17-27-20/h2,7-8,14,19H,1,3-6,9-13,15-17H2. The van der Waals surface area contributed by atoms with Crippen molar-refractivity contribution in [2.45, 2.75) is 38.3 Å². The Labute approximate surface area is 167 Å². The number of likely N-dealkylation sites (tertiary alicyclic amines) is 1. The van der Waals surface area contributed by atoms with Gasteiger partial charge in [0, 0.05) is 58.3 Å². The van der Waals surface area contributed by atoms with Crippen molar-refractivity contribution in [2.75, 3.05) is 46.1 Å². The molecule has 1 atom stereocenters. The second-order valence-corrected chi connectivity index (χ2v) is 7.96. The first-order chi connectivity index (χ1) is 13.7. The number of rotatable bonds is 6. The highest BCUT2D eigenvalue weighted by Crippen LogP contribution is 2.33. The van der Waals surface area contributed by atoms with E-state index in [-0.39, 0.29) is 5.91 Å². The molecule has 0 aliphatic carbocycles. The van der Waals surface area contributed by atoms with Crippen LogP contribution in [0.4, 0.5) is 0 Å². The lowest BCUT2D eigenvalue weighted by molar-refractivity contribution is -0.133. The Morgan fingerprint density at radius 2 is 1.96 bits per heavy atom. The maximum absolute atomic E-state index is 12.4. The van der Waals surface area contributed by atoms with Gasteiger partial charge < -0.3 is 14.4 Å². The number of allylic oxidation sites excluding steroid dienone is 1. The normalized spacial score (nSPS) is 23.0. The zero-order valence-corrected chi connectivity index (χ0v) is 16.6. The fraction of sp³-hybridized carbons (Fsp3) is 0.591. The maximum Gasteiger partial charge on any atom is 0.231 e. The van der Waals surface area contributed by atoms with Crippen LogP contribution in [0, 0.1) is 0 Å². The van der Waals surface area contributed by atoms with Crippen molar-refractivity contribution in [3.05, 3.63) is 36.4 Å². The number of ether oxygens (including phenoxy) is 2. The molecule has 6 heteroatoms. The van der Waals surface area contributed by atoms with Gasteiger partial charge in [-0.25, -0.2) is 0 Å². The zero-order valence-electron chi connectivity index (χ0n) is 16.6. The highest BCUT2D eigenvalue weighted by molar-refractivity contribution is 5.76. The van der Waals surface area contributed by atoms with Gasteiger partial charge in [-0.1, -0.05) is 12.1 Å². The van der Waals surface area contributed by atoms with E-state index in [1.54, 1.807) is 0 Å². The molecule has 28 heavy (non-hydrogen) atoms. The molecule has 1 unspecified atom stereocenters. The number of piperidine rings is 1. The van der Waals surface area contributed by atoms with Crippen LogP contribution in [0.15, 0.2) is 30.9 Å². The lowest BCUT2D eigenvalue weighted by atomic mass is 10.0. The third-order valence-electron chi connectivity index (χ3n) is 6.08. The molecule has 0 spiro atoms. The van der Waals surface area contributed by atoms with Gasteiger partial charge in [0.25, 0.3) is 0 Å². The summed E-state index contributed by atoms with van der Waals surface area (Å²) < 4.78 is 10.9. The molecule has 3 heterocycles. The summed E-state index contributed by atoms with van der Waals surface area (Å²) in [5.41, 5.74) is 1.27. The van der Waals surface area contributed by atoms with Crippen molar-refractivity contribution >= 4 is 5.91 Å². The number of carbonyl (C=O) groups excluding carboxylic acids is 1. The predicted molar refractivity (Wildman–Crippen MR) is 108 cm³/mol. The number of amides is 1. The van der Waals surface area contributed by atoms with E-state index >= 15 is 0 Å². The minimum absolute atomic E-state index is 0.283. The number of hydrogen-bond donors (Lipinski definition) is 0. The van der Waals surface area contributed by atoms with Gasteiger partial charge in [0.1, 0.15) is 0 Å². The van der Waals surface area contributed by atoms with Crippen LogP contribution < -0.4 is 9.47 Å². The van der Waals surface area contributed by atoms with Crippen LogP contribution in [0.1, 0.15) is 31.2 Å². The van der Waals surface area contributed by atoms with E-state index in [4.69, 9.17) is 9.47 Å². The zero-order chi connectivity index (χ0) is 19.3. The van der Waals surface area contributed by atoms with Gasteiger partial charge in [-0.15, -0.1) is 6.58 Å². The van der Waals surface area contributed by atoms with Gasteiger partial charge in [0.05, 0.1) is 0 Å². The SMILES string of the molecule is C=CCCC(=O)N1CCCC(N2CCN(Cc3ccc4c(c3)OCO4)CC2)C1. The molecule has 0 aromatic heterocycles. The molecule has 1 aromatic rings. The molecule has 0 saturated carbocycles. The summed E-state index contributed by atoms with van der Waals surface area (Å²) >= 11 is 0. The average Bonchev–Trinajstić information content (AvgIpc) is 3.20. The molecule has 0 radical (unpaired) electrons. The molecule has 3 aliphatic rings. The fourth-order valence-corrected chi connectivity index (χ4v) is 4.45. The minimum Gasteiger partial charge on any atom is -0.454 e. The Hall–Kier alpha value is -2.05. The van der Waals surface area contributed by atoms with Crippen LogP contribution in [0.25, 0.3) is 0 Å². The molecule has 1 amide bonds. The van der Waals surface area contributed by atoms with Crippen molar-refractivity contribution in [3.63, 3.8) is 0 Å². The second-order valence-electron chi connectivity index (χ2n) is 7.96. The van der Waals surface area contributed by atoms with Crippen LogP contribution in [-0.2, 0) is 11.3 Å². The van der Waals surface area contributed by atoms with Crippen molar-refractivity contribution in [1.82, 2.24) is 14.7 Å². The van der Waals surface area contributed by atoms with Crippen molar-refractivity contribution in [3.8, 4) is 11.5 Å². The lowest BCUT2D eigenvalue weighted by Crippen LogP contribution is -2.55. The summed E-state index contributed by atoms with van der Waals surface area (Å²) in [5, 5.41) is 0. The lowest BCUT2D eigenvalue weighted by Gasteiger charge is -2.43. The molecule has 6 nitrogen and oxygen atoms in total. The summed E-state index contributed by atoms with van der Waals surface area (Å²) in [6, 6.07) is 6.75. The molecule has 0 bridgehead atoms. The number of fused-ring (bicyclic) bond motifs is 1. The smallest absolute Gasteiger partial charge is 0.231 e. The molecule has 2 saturated heterocycles. The number of piperazine rings is 1. The van der Waals surface area contributed by atoms with E-state index in [2.05, 4.69) is 33.4 Å². The summed E-state index contributed by atoms with van der Waals surface area (Å²) in [6.07, 6.45) is 5.52. The van der Waals surface area contributed by atoms with Crippen LogP contribution >= 0.6 is 0 Å². The summed E-state index contributed by atoms with van der Waals surface area (Å²) in [4.78, 5) is 19.5.